The van der Waals surface area contributed by atoms with Crippen LogP contribution in [0.15, 0.2) is 16.5 Å². The molecule has 1 heterocycles. The molecule has 0 aromatic carbocycles. The second-order valence-corrected chi connectivity index (χ2v) is 4.16. The Balaban J connectivity index is 1.83. The fraction of sp³-hybridized carbons (Fsp3) is 0.636. The molecule has 3 nitrogen and oxygen atoms in total. The number of furan rings is 1. The van der Waals surface area contributed by atoms with E-state index in [1.165, 1.54) is 12.8 Å². The summed E-state index contributed by atoms with van der Waals surface area (Å²) in [5.74, 6) is 1.91. The van der Waals surface area contributed by atoms with E-state index in [-0.39, 0.29) is 5.54 Å². The molecule has 0 unspecified atom stereocenters. The van der Waals surface area contributed by atoms with Gasteiger partial charge >= 0.3 is 0 Å². The minimum Gasteiger partial charge on any atom is -0.464 e. The summed E-state index contributed by atoms with van der Waals surface area (Å²) in [7, 11) is 1.67. The van der Waals surface area contributed by atoms with Crippen LogP contribution in [0.1, 0.15) is 30.8 Å². The fourth-order valence-electron chi connectivity index (χ4n) is 1.56. The predicted octanol–water partition coefficient (Wildman–Crippen LogP) is 1.85. The molecule has 0 aliphatic heterocycles. The predicted molar refractivity (Wildman–Crippen MR) is 53.9 cm³/mol. The van der Waals surface area contributed by atoms with E-state index in [4.69, 9.17) is 14.9 Å². The first-order valence-corrected chi connectivity index (χ1v) is 5.07. The van der Waals surface area contributed by atoms with Crippen molar-refractivity contribution < 1.29 is 9.15 Å². The molecule has 78 valence electrons. The van der Waals surface area contributed by atoms with E-state index in [9.17, 15) is 0 Å². The summed E-state index contributed by atoms with van der Waals surface area (Å²) >= 11 is 0. The van der Waals surface area contributed by atoms with Crippen molar-refractivity contribution in [2.45, 2.75) is 37.8 Å². The van der Waals surface area contributed by atoms with Gasteiger partial charge in [-0.05, 0) is 31.4 Å². The molecular weight excluding hydrogens is 178 g/mol. The normalized spacial score (nSPS) is 18.4. The molecule has 0 bridgehead atoms. The lowest BCUT2D eigenvalue weighted by atomic mass is 10.1. The minimum absolute atomic E-state index is 0.119. The van der Waals surface area contributed by atoms with Gasteiger partial charge in [0, 0.05) is 19.1 Å². The van der Waals surface area contributed by atoms with Crippen LogP contribution < -0.4 is 5.73 Å². The monoisotopic (exact) mass is 195 g/mol. The highest BCUT2D eigenvalue weighted by Gasteiger charge is 2.37. The van der Waals surface area contributed by atoms with Crippen LogP contribution in [0.4, 0.5) is 0 Å². The highest BCUT2D eigenvalue weighted by atomic mass is 16.5. The summed E-state index contributed by atoms with van der Waals surface area (Å²) in [6.45, 7) is 0.549. The first kappa shape index (κ1) is 9.74. The average molecular weight is 195 g/mol. The number of hydrogen-bond donors (Lipinski definition) is 1. The van der Waals surface area contributed by atoms with Gasteiger partial charge in [0.25, 0.3) is 0 Å². The van der Waals surface area contributed by atoms with Gasteiger partial charge in [-0.1, -0.05) is 0 Å². The van der Waals surface area contributed by atoms with E-state index in [2.05, 4.69) is 0 Å². The maximum atomic E-state index is 5.99. The molecule has 0 saturated heterocycles. The van der Waals surface area contributed by atoms with Crippen molar-refractivity contribution in [2.75, 3.05) is 7.11 Å². The zero-order valence-electron chi connectivity index (χ0n) is 8.58. The van der Waals surface area contributed by atoms with E-state index >= 15 is 0 Å². The molecule has 1 saturated carbocycles. The van der Waals surface area contributed by atoms with E-state index in [0.717, 1.165) is 24.4 Å². The van der Waals surface area contributed by atoms with Gasteiger partial charge in [0.1, 0.15) is 18.1 Å². The first-order chi connectivity index (χ1) is 6.72. The van der Waals surface area contributed by atoms with Crippen molar-refractivity contribution in [3.8, 4) is 0 Å². The smallest absolute Gasteiger partial charge is 0.129 e. The second-order valence-electron chi connectivity index (χ2n) is 4.16. The van der Waals surface area contributed by atoms with Gasteiger partial charge in [0.05, 0.1) is 0 Å². The van der Waals surface area contributed by atoms with Crippen LogP contribution >= 0.6 is 0 Å². The molecule has 2 N–H and O–H groups in total. The van der Waals surface area contributed by atoms with E-state index in [1.807, 2.05) is 12.1 Å². The Morgan fingerprint density at radius 3 is 2.79 bits per heavy atom. The van der Waals surface area contributed by atoms with E-state index < -0.39 is 0 Å². The van der Waals surface area contributed by atoms with Crippen molar-refractivity contribution in [2.24, 2.45) is 5.73 Å². The Labute approximate surface area is 84.2 Å². The molecule has 2 rings (SSSR count). The summed E-state index contributed by atoms with van der Waals surface area (Å²) in [5, 5.41) is 0. The summed E-state index contributed by atoms with van der Waals surface area (Å²) in [6, 6.07) is 3.98. The van der Waals surface area contributed by atoms with Crippen LogP contribution in [0.5, 0.6) is 0 Å². The third-order valence-corrected chi connectivity index (χ3v) is 2.77. The van der Waals surface area contributed by atoms with Crippen LogP contribution in [0.25, 0.3) is 0 Å². The quantitative estimate of drug-likeness (QED) is 0.780. The SMILES string of the molecule is COCc1ccc(CCC2(N)CC2)o1. The summed E-state index contributed by atoms with van der Waals surface area (Å²) in [6.07, 6.45) is 4.31. The number of nitrogens with two attached hydrogens (primary N) is 1. The van der Waals surface area contributed by atoms with Crippen molar-refractivity contribution in [3.05, 3.63) is 23.7 Å². The van der Waals surface area contributed by atoms with Crippen LogP contribution in [0.2, 0.25) is 0 Å². The largest absolute Gasteiger partial charge is 0.464 e. The zero-order chi connectivity index (χ0) is 10.0. The Bertz CT molecular complexity index is 302. The summed E-state index contributed by atoms with van der Waals surface area (Å²) in [4.78, 5) is 0. The molecule has 1 aliphatic carbocycles. The van der Waals surface area contributed by atoms with Crippen molar-refractivity contribution in [3.63, 3.8) is 0 Å². The van der Waals surface area contributed by atoms with Crippen LogP contribution in [-0.4, -0.2) is 12.6 Å². The maximum Gasteiger partial charge on any atom is 0.129 e. The van der Waals surface area contributed by atoms with Gasteiger partial charge in [-0.25, -0.2) is 0 Å². The molecule has 0 atom stereocenters. The first-order valence-electron chi connectivity index (χ1n) is 5.07. The molecule has 3 heteroatoms. The molecule has 14 heavy (non-hydrogen) atoms. The number of hydrogen-bond acceptors (Lipinski definition) is 3. The molecule has 0 amide bonds. The zero-order valence-corrected chi connectivity index (χ0v) is 8.58. The minimum atomic E-state index is 0.119. The molecule has 1 aliphatic rings. The van der Waals surface area contributed by atoms with Gasteiger partial charge < -0.3 is 14.9 Å². The van der Waals surface area contributed by atoms with Gasteiger partial charge in [-0.2, -0.15) is 0 Å². The molecule has 1 fully saturated rings. The van der Waals surface area contributed by atoms with Gasteiger partial charge in [0.2, 0.25) is 0 Å². The third-order valence-electron chi connectivity index (χ3n) is 2.77. The van der Waals surface area contributed by atoms with Gasteiger partial charge in [0.15, 0.2) is 0 Å². The maximum absolute atomic E-state index is 5.99. The lowest BCUT2D eigenvalue weighted by Gasteiger charge is -2.05. The fourth-order valence-corrected chi connectivity index (χ4v) is 1.56. The number of aryl methyl sites for hydroxylation is 1. The standard InChI is InChI=1S/C11H17NO2/c1-13-8-10-3-2-9(14-10)4-5-11(12)6-7-11/h2-3H,4-8,12H2,1H3. The van der Waals surface area contributed by atoms with Crippen LogP contribution in [0.3, 0.4) is 0 Å². The molecule has 1 aromatic heterocycles. The van der Waals surface area contributed by atoms with Crippen molar-refractivity contribution in [1.29, 1.82) is 0 Å². The van der Waals surface area contributed by atoms with Crippen molar-refractivity contribution in [1.82, 2.24) is 0 Å². The number of rotatable bonds is 5. The van der Waals surface area contributed by atoms with Gasteiger partial charge in [-0.3, -0.25) is 0 Å². The lowest BCUT2D eigenvalue weighted by molar-refractivity contribution is 0.162. The second kappa shape index (κ2) is 3.75. The van der Waals surface area contributed by atoms with Crippen LogP contribution in [0, 0.1) is 0 Å². The van der Waals surface area contributed by atoms with Crippen LogP contribution in [-0.2, 0) is 17.8 Å². The van der Waals surface area contributed by atoms with Gasteiger partial charge in [-0.15, -0.1) is 0 Å². The van der Waals surface area contributed by atoms with Crippen molar-refractivity contribution >= 4 is 0 Å². The Hall–Kier alpha value is -0.800. The molecule has 0 radical (unpaired) electrons. The highest BCUT2D eigenvalue weighted by Crippen LogP contribution is 2.36. The molecule has 1 aromatic rings. The number of ether oxygens (including phenoxy) is 1. The average Bonchev–Trinajstić information content (AvgIpc) is 2.74. The molecule has 0 spiro atoms. The Morgan fingerprint density at radius 2 is 2.14 bits per heavy atom. The van der Waals surface area contributed by atoms with E-state index in [1.54, 1.807) is 7.11 Å². The Morgan fingerprint density at radius 1 is 1.43 bits per heavy atom. The summed E-state index contributed by atoms with van der Waals surface area (Å²) in [5.41, 5.74) is 6.11. The summed E-state index contributed by atoms with van der Waals surface area (Å²) < 4.78 is 10.5. The third kappa shape index (κ3) is 2.36. The number of methoxy groups -OCH3 is 1. The lowest BCUT2D eigenvalue weighted by Crippen LogP contribution is -2.21. The highest BCUT2D eigenvalue weighted by molar-refractivity contribution is 5.09. The Kier molecular flexibility index (Phi) is 2.61. The molecular formula is C11H17NO2. The van der Waals surface area contributed by atoms with E-state index in [0.29, 0.717) is 6.61 Å². The topological polar surface area (TPSA) is 48.4 Å².